The molecule has 0 saturated heterocycles. The average molecular weight is 1030 g/mol. The maximum atomic E-state index is 2.35. The Morgan fingerprint density at radius 3 is 0.500 bits per heavy atom. The van der Waals surface area contributed by atoms with E-state index in [4.69, 9.17) is 0 Å². The van der Waals surface area contributed by atoms with Gasteiger partial charge < -0.3 is 0 Å². The first kappa shape index (κ1) is 88.6. The Morgan fingerprint density at radius 2 is 0.500 bits per heavy atom. The van der Waals surface area contributed by atoms with Gasteiger partial charge in [0.1, 0.15) is 0 Å². The van der Waals surface area contributed by atoms with E-state index in [1.165, 1.54) is 12.8 Å². The molecule has 0 amide bonds. The van der Waals surface area contributed by atoms with E-state index in [1.54, 1.807) is 0 Å². The molecule has 2 atom stereocenters. The third-order valence-corrected chi connectivity index (χ3v) is 22.0. The summed E-state index contributed by atoms with van der Waals surface area (Å²) in [6.45, 7) is 115. The SMILES string of the molecule is CC(C)(C)C(C)(C)C.CC(C)(C)C(C)(C)C.CC(C)(C)C(C)(C)C(C)(C)C.CC(C)C(C)(C)C(C)(C)C.CC(C)C(C)(C)C(C)C.CC(C)[C@@H](C)C(C)(C)C.CCC(C)(C)C(C)(C)C.CC[C@@H](C)C(C)(C)C. The van der Waals surface area contributed by atoms with Crippen molar-refractivity contribution in [3.8, 4) is 0 Å². The summed E-state index contributed by atoms with van der Waals surface area (Å²) in [5.74, 6) is 4.81. The van der Waals surface area contributed by atoms with Crippen LogP contribution in [0.4, 0.5) is 0 Å². The van der Waals surface area contributed by atoms with Crippen molar-refractivity contribution in [3.05, 3.63) is 0 Å². The molecule has 0 aromatic heterocycles. The van der Waals surface area contributed by atoms with Gasteiger partial charge in [-0.15, -0.1) is 0 Å². The minimum absolute atomic E-state index is 0.375. The van der Waals surface area contributed by atoms with Gasteiger partial charge in [0, 0.05) is 0 Å². The second kappa shape index (κ2) is 32.2. The summed E-state index contributed by atoms with van der Waals surface area (Å²) in [5.41, 5.74) is 6.16. The molecule has 0 bridgehead atoms. The fraction of sp³-hybridized carbons (Fsp3) is 1.00. The highest BCUT2D eigenvalue weighted by atomic mass is 14.5. The topological polar surface area (TPSA) is 0 Å². The molecule has 72 heavy (non-hydrogen) atoms. The van der Waals surface area contributed by atoms with Crippen molar-refractivity contribution in [3.63, 3.8) is 0 Å². The van der Waals surface area contributed by atoms with Gasteiger partial charge in [0.2, 0.25) is 0 Å². The lowest BCUT2D eigenvalue weighted by atomic mass is 9.56. The standard InChI is InChI=1S/C11H24.C10H22.3C9H20.3C8H18/c1-9(2,3)11(7,8)10(4,5)6;1-8(2)10(6,7)9(3,4)5;1-7-9(5,6)8(2,3)4;1-7(2)8(3)9(4,5)6;1-7(2)9(5,6)8(3)4;2*1-7(2,3)8(4,5)6;1-6-7(2)8(3,4)5/h1-8H3;8H,1-7H3;7H2,1-6H3;2*7-8H,1-6H3;2*1-6H3;7H,6H2,1-5H3/t;;;8-;;;;7-/m...1...1/s1. The molecular formula is C72H160. The molecule has 0 N–H and O–H groups in total. The van der Waals surface area contributed by atoms with Crippen LogP contribution in [0.15, 0.2) is 0 Å². The molecule has 0 aromatic carbocycles. The maximum absolute atomic E-state index is 2.35. The van der Waals surface area contributed by atoms with Crippen molar-refractivity contribution in [1.82, 2.24) is 0 Å². The smallest absolute Gasteiger partial charge is 0.0257 e. The van der Waals surface area contributed by atoms with Crippen LogP contribution in [0.5, 0.6) is 0 Å². The van der Waals surface area contributed by atoms with Crippen molar-refractivity contribution in [2.45, 2.75) is 359 Å². The van der Waals surface area contributed by atoms with E-state index < -0.39 is 0 Å². The minimum Gasteiger partial charge on any atom is -0.0651 e. The summed E-state index contributed by atoms with van der Waals surface area (Å²) < 4.78 is 0. The average Bonchev–Trinajstić information content (AvgIpc) is 3.08. The van der Waals surface area contributed by atoms with Crippen molar-refractivity contribution in [1.29, 1.82) is 0 Å². The van der Waals surface area contributed by atoms with Crippen LogP contribution in [0, 0.1) is 111 Å². The Hall–Kier alpha value is 0. The van der Waals surface area contributed by atoms with Gasteiger partial charge in [-0.2, -0.15) is 0 Å². The van der Waals surface area contributed by atoms with Crippen LogP contribution in [-0.2, 0) is 0 Å². The van der Waals surface area contributed by atoms with Gasteiger partial charge in [-0.05, 0) is 111 Å². The van der Waals surface area contributed by atoms with E-state index in [1.807, 2.05) is 0 Å². The van der Waals surface area contributed by atoms with Gasteiger partial charge in [0.25, 0.3) is 0 Å². The molecule has 0 rings (SSSR count). The highest BCUT2D eigenvalue weighted by Gasteiger charge is 2.42. The van der Waals surface area contributed by atoms with Gasteiger partial charge >= 0.3 is 0 Å². The molecule has 0 unspecified atom stereocenters. The van der Waals surface area contributed by atoms with Crippen molar-refractivity contribution >= 4 is 0 Å². The molecule has 0 aliphatic carbocycles. The second-order valence-electron chi connectivity index (χ2n) is 36.9. The molecule has 0 aliphatic heterocycles. The number of hydrogen-bond acceptors (Lipinski definition) is 0. The first-order valence-corrected chi connectivity index (χ1v) is 30.2. The summed E-state index contributed by atoms with van der Waals surface area (Å²) in [7, 11) is 0. The van der Waals surface area contributed by atoms with Crippen LogP contribution >= 0.6 is 0 Å². The van der Waals surface area contributed by atoms with Crippen LogP contribution in [0.3, 0.4) is 0 Å². The highest BCUT2D eigenvalue weighted by molar-refractivity contribution is 4.91. The third-order valence-electron chi connectivity index (χ3n) is 22.0. The zero-order chi connectivity index (χ0) is 61.9. The zero-order valence-electron chi connectivity index (χ0n) is 61.9. The summed E-state index contributed by atoms with van der Waals surface area (Å²) in [6.07, 6.45) is 2.56. The van der Waals surface area contributed by atoms with E-state index in [0.717, 1.165) is 35.5 Å². The molecular weight excluding hydrogens is 865 g/mol. The second-order valence-corrected chi connectivity index (χ2v) is 36.9. The monoisotopic (exact) mass is 1030 g/mol. The molecule has 0 heterocycles. The molecule has 0 radical (unpaired) electrons. The predicted molar refractivity (Wildman–Crippen MR) is 348 cm³/mol. The third kappa shape index (κ3) is 38.5. The summed E-state index contributed by atoms with van der Waals surface area (Å²) in [5, 5.41) is 0. The lowest BCUT2D eigenvalue weighted by Crippen LogP contribution is -2.41. The lowest BCUT2D eigenvalue weighted by Gasteiger charge is -2.49. The first-order valence-electron chi connectivity index (χ1n) is 30.2. The number of hydrogen-bond donors (Lipinski definition) is 0. The van der Waals surface area contributed by atoms with E-state index >= 15 is 0 Å². The quantitative estimate of drug-likeness (QED) is 0.249. The normalized spacial score (nSPS) is 14.8. The van der Waals surface area contributed by atoms with Gasteiger partial charge in [-0.3, -0.25) is 0 Å². The molecule has 0 saturated carbocycles. The van der Waals surface area contributed by atoms with Crippen molar-refractivity contribution in [2.75, 3.05) is 0 Å². The van der Waals surface area contributed by atoms with E-state index in [-0.39, 0.29) is 0 Å². The van der Waals surface area contributed by atoms with Crippen LogP contribution in [-0.4, -0.2) is 0 Å². The molecule has 0 aliphatic rings. The summed E-state index contributed by atoms with van der Waals surface area (Å²) in [6, 6.07) is 0. The molecule has 448 valence electrons. The van der Waals surface area contributed by atoms with Crippen LogP contribution in [0.2, 0.25) is 0 Å². The minimum atomic E-state index is 0.375. The van der Waals surface area contributed by atoms with Gasteiger partial charge in [-0.1, -0.05) is 359 Å². The fourth-order valence-corrected chi connectivity index (χ4v) is 4.80. The van der Waals surface area contributed by atoms with E-state index in [2.05, 4.69) is 346 Å². The molecule has 0 spiro atoms. The Balaban J connectivity index is -0.000000109. The van der Waals surface area contributed by atoms with E-state index in [0.29, 0.717) is 75.8 Å². The Bertz CT molecular complexity index is 1200. The first-order chi connectivity index (χ1) is 30.2. The van der Waals surface area contributed by atoms with Crippen molar-refractivity contribution < 1.29 is 0 Å². The van der Waals surface area contributed by atoms with Crippen LogP contribution in [0.25, 0.3) is 0 Å². The van der Waals surface area contributed by atoms with Gasteiger partial charge in [-0.25, -0.2) is 0 Å². The van der Waals surface area contributed by atoms with Crippen LogP contribution in [0.1, 0.15) is 359 Å². The van der Waals surface area contributed by atoms with E-state index in [9.17, 15) is 0 Å². The summed E-state index contributed by atoms with van der Waals surface area (Å²) in [4.78, 5) is 0. The molecule has 0 heteroatoms. The number of rotatable bonds is 6. The maximum Gasteiger partial charge on any atom is -0.0257 e. The molecule has 0 fully saturated rings. The van der Waals surface area contributed by atoms with Gasteiger partial charge in [0.05, 0.1) is 0 Å². The Labute approximate surface area is 468 Å². The Morgan fingerprint density at radius 1 is 0.264 bits per heavy atom. The lowest BCUT2D eigenvalue weighted by molar-refractivity contribution is 0.00575. The molecule has 0 aromatic rings. The van der Waals surface area contributed by atoms with Gasteiger partial charge in [0.15, 0.2) is 0 Å². The zero-order valence-corrected chi connectivity index (χ0v) is 61.9. The Kier molecular flexibility index (Phi) is 39.6. The molecule has 0 nitrogen and oxygen atoms in total. The summed E-state index contributed by atoms with van der Waals surface area (Å²) >= 11 is 0. The highest BCUT2D eigenvalue weighted by Crippen LogP contribution is 2.50. The largest absolute Gasteiger partial charge is 0.0651 e. The predicted octanol–water partition coefficient (Wildman–Crippen LogP) is 27.2. The van der Waals surface area contributed by atoms with Crippen LogP contribution < -0.4 is 0 Å². The van der Waals surface area contributed by atoms with Crippen molar-refractivity contribution in [2.24, 2.45) is 111 Å². The fourth-order valence-electron chi connectivity index (χ4n) is 4.80.